The predicted octanol–water partition coefficient (Wildman–Crippen LogP) is 3.79. The van der Waals surface area contributed by atoms with E-state index in [2.05, 4.69) is 28.9 Å². The lowest BCUT2D eigenvalue weighted by molar-refractivity contribution is -0.158. The van der Waals surface area contributed by atoms with Crippen molar-refractivity contribution in [1.29, 1.82) is 0 Å². The number of hydrogen-bond donors (Lipinski definition) is 1. The molecule has 2 aromatic rings. The molecule has 0 spiro atoms. The van der Waals surface area contributed by atoms with E-state index in [0.717, 1.165) is 30.8 Å². The molecule has 1 atom stereocenters. The first-order valence-corrected chi connectivity index (χ1v) is 12.0. The average molecular weight is 473 g/mol. The van der Waals surface area contributed by atoms with Crippen LogP contribution in [0.3, 0.4) is 0 Å². The molecular formula is C25H36N4O5. The maximum Gasteiger partial charge on any atom is 0.349 e. The fourth-order valence-electron chi connectivity index (χ4n) is 4.15. The smallest absolute Gasteiger partial charge is 0.349 e. The van der Waals surface area contributed by atoms with Crippen molar-refractivity contribution in [2.24, 2.45) is 0 Å². The summed E-state index contributed by atoms with van der Waals surface area (Å²) in [4.78, 5) is 29.3. The van der Waals surface area contributed by atoms with Crippen LogP contribution in [0.2, 0.25) is 0 Å². The molecule has 0 saturated heterocycles. The Labute approximate surface area is 201 Å². The van der Waals surface area contributed by atoms with Crippen LogP contribution in [0.4, 0.5) is 5.69 Å². The minimum atomic E-state index is -1.12. The van der Waals surface area contributed by atoms with E-state index in [0.29, 0.717) is 30.3 Å². The molecule has 9 nitrogen and oxygen atoms in total. The molecule has 3 rings (SSSR count). The number of nitrogens with one attached hydrogen (secondary N) is 1. The summed E-state index contributed by atoms with van der Waals surface area (Å²) in [5.74, 6) is 0.591. The van der Waals surface area contributed by atoms with Crippen LogP contribution in [0.15, 0.2) is 24.3 Å². The number of ether oxygens (including phenoxy) is 3. The zero-order valence-corrected chi connectivity index (χ0v) is 21.0. The number of hydrogen-bond acceptors (Lipinski definition) is 7. The Bertz CT molecular complexity index is 1000. The van der Waals surface area contributed by atoms with Crippen molar-refractivity contribution in [1.82, 2.24) is 15.1 Å². The molecule has 0 bridgehead atoms. The number of fused-ring (bicyclic) bond motifs is 1. The third-order valence-electron chi connectivity index (χ3n) is 5.85. The molecule has 1 aromatic heterocycles. The molecule has 9 heteroatoms. The lowest BCUT2D eigenvalue weighted by Crippen LogP contribution is -2.54. The summed E-state index contributed by atoms with van der Waals surface area (Å²) >= 11 is 0. The molecule has 1 aliphatic rings. The molecule has 1 aliphatic heterocycles. The number of H-pyrrole nitrogens is 1. The molecule has 2 heterocycles. The Kier molecular flexibility index (Phi) is 8.06. The molecule has 186 valence electrons. The van der Waals surface area contributed by atoms with Crippen LogP contribution in [0.1, 0.15) is 64.1 Å². The fraction of sp³-hybridized carbons (Fsp3) is 0.560. The number of esters is 1. The standard InChI is InChI=1S/C25H36N4O5/c1-7-11-20-22-21(27-26-20)23(30)29(17(4)28(22)8-2)14-15-33-18-12-10-13-19(16-18)34-25(5,6)24(31)32-9-3/h10,12-13,16-17H,7-9,11,14-15H2,1-6H3,(H,26,27). The van der Waals surface area contributed by atoms with Crippen LogP contribution >= 0.6 is 0 Å². The van der Waals surface area contributed by atoms with Gasteiger partial charge in [0.1, 0.15) is 30.0 Å². The summed E-state index contributed by atoms with van der Waals surface area (Å²) in [6.45, 7) is 13.1. The van der Waals surface area contributed by atoms with Crippen molar-refractivity contribution in [3.8, 4) is 11.5 Å². The summed E-state index contributed by atoms with van der Waals surface area (Å²) in [7, 11) is 0. The molecule has 34 heavy (non-hydrogen) atoms. The van der Waals surface area contributed by atoms with Crippen molar-refractivity contribution in [3.05, 3.63) is 35.7 Å². The van der Waals surface area contributed by atoms with Crippen molar-refractivity contribution in [2.45, 2.75) is 66.2 Å². The second-order valence-corrected chi connectivity index (χ2v) is 8.72. The van der Waals surface area contributed by atoms with Gasteiger partial charge in [-0.3, -0.25) is 9.89 Å². The highest BCUT2D eigenvalue weighted by molar-refractivity contribution is 6.00. The molecule has 1 amide bonds. The van der Waals surface area contributed by atoms with Gasteiger partial charge in [0.2, 0.25) is 0 Å². The zero-order chi connectivity index (χ0) is 24.9. The van der Waals surface area contributed by atoms with Gasteiger partial charge in [0.15, 0.2) is 5.60 Å². The second-order valence-electron chi connectivity index (χ2n) is 8.72. The van der Waals surface area contributed by atoms with Crippen molar-refractivity contribution in [3.63, 3.8) is 0 Å². The molecule has 0 saturated carbocycles. The molecule has 0 aliphatic carbocycles. The van der Waals surface area contributed by atoms with Crippen LogP contribution in [-0.2, 0) is 16.0 Å². The van der Waals surface area contributed by atoms with E-state index in [1.165, 1.54) is 0 Å². The van der Waals surface area contributed by atoms with Crippen LogP contribution in [0.5, 0.6) is 11.5 Å². The van der Waals surface area contributed by atoms with Gasteiger partial charge in [-0.05, 0) is 53.2 Å². The van der Waals surface area contributed by atoms with Crippen LogP contribution in [0.25, 0.3) is 0 Å². The Morgan fingerprint density at radius 3 is 2.59 bits per heavy atom. The Hall–Kier alpha value is -3.23. The molecule has 1 N–H and O–H groups in total. The molecule has 1 unspecified atom stereocenters. The lowest BCUT2D eigenvalue weighted by atomic mass is 10.1. The molecule has 1 aromatic carbocycles. The Morgan fingerprint density at radius 2 is 1.91 bits per heavy atom. The first-order valence-electron chi connectivity index (χ1n) is 12.0. The molecule has 0 fully saturated rings. The Balaban J connectivity index is 1.65. The highest BCUT2D eigenvalue weighted by Crippen LogP contribution is 2.33. The Morgan fingerprint density at radius 1 is 1.18 bits per heavy atom. The van der Waals surface area contributed by atoms with Gasteiger partial charge in [-0.25, -0.2) is 4.79 Å². The normalized spacial score (nSPS) is 15.8. The highest BCUT2D eigenvalue weighted by Gasteiger charge is 2.37. The maximum atomic E-state index is 13.2. The number of carbonyl (C=O) groups excluding carboxylic acids is 2. The largest absolute Gasteiger partial charge is 0.492 e. The van der Waals surface area contributed by atoms with Gasteiger partial charge in [-0.1, -0.05) is 19.4 Å². The zero-order valence-electron chi connectivity index (χ0n) is 21.0. The number of carbonyl (C=O) groups is 2. The summed E-state index contributed by atoms with van der Waals surface area (Å²) in [6.07, 6.45) is 1.69. The number of nitrogens with zero attached hydrogens (tertiary/aromatic N) is 3. The minimum absolute atomic E-state index is 0.0704. The van der Waals surface area contributed by atoms with Gasteiger partial charge in [-0.15, -0.1) is 0 Å². The number of aromatic nitrogens is 2. The van der Waals surface area contributed by atoms with E-state index >= 15 is 0 Å². The number of anilines is 1. The lowest BCUT2D eigenvalue weighted by Gasteiger charge is -2.42. The maximum absolute atomic E-state index is 13.2. The summed E-state index contributed by atoms with van der Waals surface area (Å²) in [5.41, 5.74) is 1.29. The quantitative estimate of drug-likeness (QED) is 0.497. The molecule has 0 radical (unpaired) electrons. The summed E-state index contributed by atoms with van der Waals surface area (Å²) in [5, 5.41) is 7.36. The first-order chi connectivity index (χ1) is 16.2. The van der Waals surface area contributed by atoms with E-state index in [9.17, 15) is 9.59 Å². The number of aryl methyl sites for hydroxylation is 1. The van der Waals surface area contributed by atoms with Crippen LogP contribution in [0, 0.1) is 0 Å². The van der Waals surface area contributed by atoms with Gasteiger partial charge in [0, 0.05) is 12.6 Å². The van der Waals surface area contributed by atoms with Crippen molar-refractivity contribution < 1.29 is 23.8 Å². The SMILES string of the molecule is CCCc1n[nH]c2c1N(CC)C(C)N(CCOc1cccc(OC(C)(C)C(=O)OCC)c1)C2=O. The van der Waals surface area contributed by atoms with Gasteiger partial charge < -0.3 is 24.0 Å². The van der Waals surface area contributed by atoms with E-state index in [4.69, 9.17) is 14.2 Å². The monoisotopic (exact) mass is 472 g/mol. The summed E-state index contributed by atoms with van der Waals surface area (Å²) in [6, 6.07) is 7.10. The van der Waals surface area contributed by atoms with Crippen molar-refractivity contribution >= 4 is 17.6 Å². The molecular weight excluding hydrogens is 436 g/mol. The topological polar surface area (TPSA) is 97.0 Å². The van der Waals surface area contributed by atoms with Crippen molar-refractivity contribution in [2.75, 3.05) is 31.2 Å². The number of benzene rings is 1. The average Bonchev–Trinajstić information content (AvgIpc) is 3.20. The number of aromatic amines is 1. The van der Waals surface area contributed by atoms with E-state index in [1.54, 1.807) is 43.9 Å². The van der Waals surface area contributed by atoms with Crippen LogP contribution in [-0.4, -0.2) is 65.0 Å². The number of rotatable bonds is 11. The first kappa shape index (κ1) is 25.4. The van der Waals surface area contributed by atoms with E-state index in [1.807, 2.05) is 13.0 Å². The third kappa shape index (κ3) is 5.29. The van der Waals surface area contributed by atoms with Gasteiger partial charge >= 0.3 is 5.97 Å². The highest BCUT2D eigenvalue weighted by atomic mass is 16.6. The van der Waals surface area contributed by atoms with E-state index < -0.39 is 11.6 Å². The third-order valence-corrected chi connectivity index (χ3v) is 5.85. The summed E-state index contributed by atoms with van der Waals surface area (Å²) < 4.78 is 16.9. The minimum Gasteiger partial charge on any atom is -0.492 e. The van der Waals surface area contributed by atoms with E-state index in [-0.39, 0.29) is 18.7 Å². The van der Waals surface area contributed by atoms with Gasteiger partial charge in [0.25, 0.3) is 5.91 Å². The van der Waals surface area contributed by atoms with Gasteiger partial charge in [-0.2, -0.15) is 5.10 Å². The predicted molar refractivity (Wildman–Crippen MR) is 129 cm³/mol. The fourth-order valence-corrected chi connectivity index (χ4v) is 4.15. The van der Waals surface area contributed by atoms with Gasteiger partial charge in [0.05, 0.1) is 24.5 Å². The second kappa shape index (κ2) is 10.8. The number of amides is 1. The van der Waals surface area contributed by atoms with Crippen LogP contribution < -0.4 is 14.4 Å².